The van der Waals surface area contributed by atoms with Crippen molar-refractivity contribution in [3.63, 3.8) is 0 Å². The molecule has 0 saturated heterocycles. The molecule has 0 radical (unpaired) electrons. The zero-order chi connectivity index (χ0) is 12.8. The third-order valence-corrected chi connectivity index (χ3v) is 2.81. The highest BCUT2D eigenvalue weighted by atomic mass is 79.9. The van der Waals surface area contributed by atoms with Crippen LogP contribution in [-0.4, -0.2) is 29.9 Å². The number of benzene rings is 1. The number of hydrogen-bond acceptors (Lipinski definition) is 5. The van der Waals surface area contributed by atoms with Crippen LogP contribution in [0.4, 0.5) is 5.69 Å². The first kappa shape index (κ1) is 13.8. The molecule has 1 rings (SSSR count). The van der Waals surface area contributed by atoms with Gasteiger partial charge in [-0.25, -0.2) is 0 Å². The standard InChI is InChI=1S/C11H12BrNO4/c1-17-11-5-9(13-16)8(10(15)6-12)4-7(11)2-3-14/h4-5,14H,2-3,6H2,1H3. The summed E-state index contributed by atoms with van der Waals surface area (Å²) >= 11 is 3.04. The summed E-state index contributed by atoms with van der Waals surface area (Å²) in [4.78, 5) is 22.3. The Morgan fingerprint density at radius 1 is 1.53 bits per heavy atom. The van der Waals surface area contributed by atoms with Gasteiger partial charge in [0.15, 0.2) is 5.78 Å². The van der Waals surface area contributed by atoms with Gasteiger partial charge in [-0.3, -0.25) is 4.79 Å². The summed E-state index contributed by atoms with van der Waals surface area (Å²) in [6, 6.07) is 2.95. The van der Waals surface area contributed by atoms with E-state index in [1.54, 1.807) is 0 Å². The Morgan fingerprint density at radius 2 is 2.24 bits per heavy atom. The highest BCUT2D eigenvalue weighted by Crippen LogP contribution is 2.30. The minimum Gasteiger partial charge on any atom is -0.496 e. The van der Waals surface area contributed by atoms with E-state index in [1.807, 2.05) is 0 Å². The average Bonchev–Trinajstić information content (AvgIpc) is 2.37. The molecule has 0 unspecified atom stereocenters. The molecule has 0 aliphatic carbocycles. The van der Waals surface area contributed by atoms with E-state index in [4.69, 9.17) is 9.84 Å². The summed E-state index contributed by atoms with van der Waals surface area (Å²) < 4.78 is 5.08. The van der Waals surface area contributed by atoms with Gasteiger partial charge in [0.05, 0.1) is 12.4 Å². The summed E-state index contributed by atoms with van der Waals surface area (Å²) in [5.74, 6) is 0.209. The molecule has 0 fully saturated rings. The lowest BCUT2D eigenvalue weighted by molar-refractivity contribution is 0.102. The Bertz CT molecular complexity index is 434. The van der Waals surface area contributed by atoms with Gasteiger partial charge in [0, 0.05) is 18.2 Å². The van der Waals surface area contributed by atoms with E-state index in [0.29, 0.717) is 17.7 Å². The Morgan fingerprint density at radius 3 is 2.71 bits per heavy atom. The van der Waals surface area contributed by atoms with Gasteiger partial charge >= 0.3 is 0 Å². The van der Waals surface area contributed by atoms with E-state index in [2.05, 4.69) is 21.1 Å². The number of ketones is 1. The van der Waals surface area contributed by atoms with Gasteiger partial charge in [-0.05, 0) is 23.2 Å². The largest absolute Gasteiger partial charge is 0.496 e. The van der Waals surface area contributed by atoms with Gasteiger partial charge in [-0.2, -0.15) is 0 Å². The van der Waals surface area contributed by atoms with Crippen LogP contribution in [0.2, 0.25) is 0 Å². The molecule has 6 heteroatoms. The smallest absolute Gasteiger partial charge is 0.175 e. The Labute approximate surface area is 107 Å². The maximum atomic E-state index is 11.6. The second-order valence-corrected chi connectivity index (χ2v) is 3.86. The van der Waals surface area contributed by atoms with Gasteiger partial charge in [0.2, 0.25) is 0 Å². The highest BCUT2D eigenvalue weighted by molar-refractivity contribution is 9.09. The fourth-order valence-electron chi connectivity index (χ4n) is 1.49. The predicted octanol–water partition coefficient (Wildman–Crippen LogP) is 2.21. The van der Waals surface area contributed by atoms with Crippen LogP contribution in [0.5, 0.6) is 5.75 Å². The number of nitroso groups, excluding NO2 is 1. The molecule has 0 aliphatic heterocycles. The van der Waals surface area contributed by atoms with Crippen LogP contribution in [0, 0.1) is 4.91 Å². The number of rotatable bonds is 6. The first-order valence-corrected chi connectivity index (χ1v) is 6.04. The Balaban J connectivity index is 3.33. The van der Waals surface area contributed by atoms with E-state index in [9.17, 15) is 9.70 Å². The van der Waals surface area contributed by atoms with E-state index >= 15 is 0 Å². The van der Waals surface area contributed by atoms with Gasteiger partial charge in [0.1, 0.15) is 11.4 Å². The summed E-state index contributed by atoms with van der Waals surface area (Å²) in [6.07, 6.45) is 0.352. The second kappa shape index (κ2) is 6.46. The molecular weight excluding hydrogens is 290 g/mol. The van der Waals surface area contributed by atoms with E-state index < -0.39 is 0 Å². The average molecular weight is 302 g/mol. The number of carbonyl (C=O) groups excluding carboxylic acids is 1. The van der Waals surface area contributed by atoms with Crippen LogP contribution in [0.1, 0.15) is 15.9 Å². The Hall–Kier alpha value is -1.27. The van der Waals surface area contributed by atoms with Gasteiger partial charge in [0.25, 0.3) is 0 Å². The fourth-order valence-corrected chi connectivity index (χ4v) is 1.79. The molecule has 1 N–H and O–H groups in total. The molecule has 0 heterocycles. The molecule has 92 valence electrons. The van der Waals surface area contributed by atoms with Crippen molar-refractivity contribution < 1.29 is 14.6 Å². The molecule has 17 heavy (non-hydrogen) atoms. The van der Waals surface area contributed by atoms with Crippen LogP contribution in [0.25, 0.3) is 0 Å². The van der Waals surface area contributed by atoms with E-state index in [-0.39, 0.29) is 29.0 Å². The number of alkyl halides is 1. The normalized spacial score (nSPS) is 10.1. The van der Waals surface area contributed by atoms with Crippen LogP contribution >= 0.6 is 15.9 Å². The van der Waals surface area contributed by atoms with Crippen molar-refractivity contribution in [3.8, 4) is 5.75 Å². The highest BCUT2D eigenvalue weighted by Gasteiger charge is 2.15. The van der Waals surface area contributed by atoms with E-state index in [1.165, 1.54) is 19.2 Å². The molecule has 1 aromatic rings. The second-order valence-electron chi connectivity index (χ2n) is 3.30. The Kier molecular flexibility index (Phi) is 5.24. The van der Waals surface area contributed by atoms with Gasteiger partial charge in [-0.1, -0.05) is 15.9 Å². The number of methoxy groups -OCH3 is 1. The van der Waals surface area contributed by atoms with Crippen LogP contribution in [0.3, 0.4) is 0 Å². The summed E-state index contributed by atoms with van der Waals surface area (Å²) in [7, 11) is 1.46. The first-order chi connectivity index (χ1) is 8.17. The molecule has 0 bridgehead atoms. The van der Waals surface area contributed by atoms with Crippen molar-refractivity contribution in [1.29, 1.82) is 0 Å². The zero-order valence-electron chi connectivity index (χ0n) is 9.27. The number of carbonyl (C=O) groups is 1. The molecule has 0 spiro atoms. The van der Waals surface area contributed by atoms with Crippen molar-refractivity contribution in [1.82, 2.24) is 0 Å². The quantitative estimate of drug-likeness (QED) is 0.496. The molecule has 5 nitrogen and oxygen atoms in total. The molecule has 0 amide bonds. The monoisotopic (exact) mass is 301 g/mol. The lowest BCUT2D eigenvalue weighted by Gasteiger charge is -2.10. The van der Waals surface area contributed by atoms with Crippen LogP contribution in [0.15, 0.2) is 17.3 Å². The van der Waals surface area contributed by atoms with Gasteiger partial charge < -0.3 is 9.84 Å². The first-order valence-electron chi connectivity index (χ1n) is 4.92. The molecule has 0 aliphatic rings. The van der Waals surface area contributed by atoms with Crippen LogP contribution in [-0.2, 0) is 6.42 Å². The van der Waals surface area contributed by atoms with Crippen molar-refractivity contribution in [2.24, 2.45) is 5.18 Å². The predicted molar refractivity (Wildman–Crippen MR) is 67.4 cm³/mol. The third-order valence-electron chi connectivity index (χ3n) is 2.30. The number of Topliss-reactive ketones (excluding diaryl/α,β-unsaturated/α-hetero) is 1. The van der Waals surface area contributed by atoms with Crippen molar-refractivity contribution in [2.75, 3.05) is 19.0 Å². The molecule has 0 atom stereocenters. The number of nitrogens with zero attached hydrogens (tertiary/aromatic N) is 1. The van der Waals surface area contributed by atoms with Crippen LogP contribution < -0.4 is 4.74 Å². The van der Waals surface area contributed by atoms with Crippen molar-refractivity contribution >= 4 is 27.4 Å². The topological polar surface area (TPSA) is 76.0 Å². The molecule has 1 aromatic carbocycles. The maximum absolute atomic E-state index is 11.6. The van der Waals surface area contributed by atoms with E-state index in [0.717, 1.165) is 0 Å². The fraction of sp³-hybridized carbons (Fsp3) is 0.364. The zero-order valence-corrected chi connectivity index (χ0v) is 10.9. The minimum absolute atomic E-state index is 0.0491. The summed E-state index contributed by atoms with van der Waals surface area (Å²) in [5, 5.41) is 11.8. The lowest BCUT2D eigenvalue weighted by atomic mass is 10.0. The number of hydrogen-bond donors (Lipinski definition) is 1. The SMILES string of the molecule is COc1cc(N=O)c(C(=O)CBr)cc1CCO. The number of aliphatic hydroxyl groups is 1. The lowest BCUT2D eigenvalue weighted by Crippen LogP contribution is -2.04. The third kappa shape index (κ3) is 3.10. The van der Waals surface area contributed by atoms with Crippen molar-refractivity contribution in [2.45, 2.75) is 6.42 Å². The summed E-state index contributed by atoms with van der Waals surface area (Å²) in [6.45, 7) is -0.0633. The maximum Gasteiger partial charge on any atom is 0.175 e. The molecular formula is C11H12BrNO4. The number of halogens is 1. The summed E-state index contributed by atoms with van der Waals surface area (Å²) in [5.41, 5.74) is 0.959. The molecule has 0 saturated carbocycles. The minimum atomic E-state index is -0.235. The number of ether oxygens (including phenoxy) is 1. The number of aliphatic hydroxyl groups excluding tert-OH is 1. The van der Waals surface area contributed by atoms with Gasteiger partial charge in [-0.15, -0.1) is 4.91 Å². The molecule has 0 aromatic heterocycles. The van der Waals surface area contributed by atoms with Crippen molar-refractivity contribution in [3.05, 3.63) is 28.2 Å².